The lowest BCUT2D eigenvalue weighted by molar-refractivity contribution is -0.117. The first-order chi connectivity index (χ1) is 13.1. The van der Waals surface area contributed by atoms with Crippen LogP contribution in [-0.2, 0) is 4.79 Å². The van der Waals surface area contributed by atoms with Gasteiger partial charge in [0.25, 0.3) is 5.56 Å². The molecule has 2 heterocycles. The molecule has 0 radical (unpaired) electrons. The van der Waals surface area contributed by atoms with Crippen LogP contribution in [0.2, 0.25) is 0 Å². The number of benzene rings is 1. The molecule has 0 spiro atoms. The van der Waals surface area contributed by atoms with Crippen LogP contribution in [0.5, 0.6) is 0 Å². The molecule has 2 aromatic heterocycles. The molecule has 9 heteroatoms. The lowest BCUT2D eigenvalue weighted by atomic mass is 10.3. The molecule has 7 nitrogen and oxygen atoms in total. The topological polar surface area (TPSA) is 93.1 Å². The number of thioether (sulfide) groups is 1. The lowest BCUT2D eigenvalue weighted by Gasteiger charge is -2.12. The number of rotatable bonds is 6. The van der Waals surface area contributed by atoms with Crippen LogP contribution < -0.4 is 16.2 Å². The molecule has 1 aromatic carbocycles. The van der Waals surface area contributed by atoms with E-state index in [1.54, 1.807) is 6.07 Å². The molecular weight excluding hydrogens is 384 g/mol. The number of aromatic nitrogens is 2. The molecule has 0 bridgehead atoms. The number of carbonyl (C=O) groups excluding carboxylic acids is 2. The number of hydrogen-bond acceptors (Lipinski definition) is 6. The van der Waals surface area contributed by atoms with E-state index in [-0.39, 0.29) is 11.3 Å². The van der Waals surface area contributed by atoms with Crippen molar-refractivity contribution in [2.24, 2.45) is 0 Å². The molecule has 0 unspecified atom stereocenters. The normalized spacial score (nSPS) is 10.7. The zero-order valence-electron chi connectivity index (χ0n) is 14.6. The monoisotopic (exact) mass is 402 g/mol. The maximum Gasteiger partial charge on any atom is 0.321 e. The van der Waals surface area contributed by atoms with Gasteiger partial charge in [-0.3, -0.25) is 19.5 Å². The van der Waals surface area contributed by atoms with E-state index in [4.69, 9.17) is 0 Å². The molecule has 0 aliphatic carbocycles. The minimum Gasteiger partial charge on any atom is -0.338 e. The standard InChI is InChI=1S/C18H18N4O3S2/c1-2-9-19-17(25)20-14(23)11-27-18-21-15-13(8-10-26-15)16(24)22(18)12-6-4-3-5-7-12/h3-8,10H,2,9,11H2,1H3,(H2,19,20,23,25). The summed E-state index contributed by atoms with van der Waals surface area (Å²) in [7, 11) is 0. The minimum atomic E-state index is -0.524. The second-order valence-corrected chi connectivity index (χ2v) is 7.44. The van der Waals surface area contributed by atoms with Crippen molar-refractivity contribution < 1.29 is 9.59 Å². The third-order valence-electron chi connectivity index (χ3n) is 3.60. The van der Waals surface area contributed by atoms with Crippen LogP contribution in [0.25, 0.3) is 15.9 Å². The Bertz CT molecular complexity index is 1010. The molecule has 140 valence electrons. The SMILES string of the molecule is CCCNC(=O)NC(=O)CSc1nc2sccc2c(=O)n1-c1ccccc1. The highest BCUT2D eigenvalue weighted by molar-refractivity contribution is 7.99. The first kappa shape index (κ1) is 19.1. The fourth-order valence-electron chi connectivity index (χ4n) is 2.37. The maximum atomic E-state index is 12.9. The van der Waals surface area contributed by atoms with Crippen LogP contribution >= 0.6 is 23.1 Å². The number of thiophene rings is 1. The predicted molar refractivity (Wildman–Crippen MR) is 108 cm³/mol. The second kappa shape index (κ2) is 8.83. The van der Waals surface area contributed by atoms with Gasteiger partial charge in [-0.2, -0.15) is 0 Å². The zero-order chi connectivity index (χ0) is 19.2. The van der Waals surface area contributed by atoms with Crippen molar-refractivity contribution in [1.29, 1.82) is 0 Å². The van der Waals surface area contributed by atoms with Crippen molar-refractivity contribution in [2.75, 3.05) is 12.3 Å². The number of urea groups is 1. The Kier molecular flexibility index (Phi) is 6.25. The molecule has 3 rings (SSSR count). The number of para-hydroxylation sites is 1. The Balaban J connectivity index is 1.84. The summed E-state index contributed by atoms with van der Waals surface area (Å²) in [6.07, 6.45) is 0.782. The maximum absolute atomic E-state index is 12.9. The Hall–Kier alpha value is -2.65. The number of imide groups is 1. The van der Waals surface area contributed by atoms with E-state index in [2.05, 4.69) is 15.6 Å². The molecule has 0 atom stereocenters. The number of nitrogens with one attached hydrogen (secondary N) is 2. The van der Waals surface area contributed by atoms with Crippen LogP contribution in [0.4, 0.5) is 4.79 Å². The van der Waals surface area contributed by atoms with Crippen LogP contribution in [0.3, 0.4) is 0 Å². The van der Waals surface area contributed by atoms with Gasteiger partial charge in [-0.05, 0) is 30.0 Å². The van der Waals surface area contributed by atoms with Gasteiger partial charge in [0.15, 0.2) is 5.16 Å². The Morgan fingerprint density at radius 3 is 2.74 bits per heavy atom. The highest BCUT2D eigenvalue weighted by atomic mass is 32.2. The minimum absolute atomic E-state index is 0.0320. The van der Waals surface area contributed by atoms with Crippen molar-refractivity contribution in [3.63, 3.8) is 0 Å². The van der Waals surface area contributed by atoms with Crippen LogP contribution in [0.15, 0.2) is 51.7 Å². The van der Waals surface area contributed by atoms with Gasteiger partial charge in [0.05, 0.1) is 16.8 Å². The lowest BCUT2D eigenvalue weighted by Crippen LogP contribution is -2.40. The van der Waals surface area contributed by atoms with Gasteiger partial charge in [-0.25, -0.2) is 9.78 Å². The van der Waals surface area contributed by atoms with Gasteiger partial charge in [0.2, 0.25) is 5.91 Å². The van der Waals surface area contributed by atoms with Gasteiger partial charge in [0.1, 0.15) is 4.83 Å². The molecule has 0 saturated carbocycles. The van der Waals surface area contributed by atoms with Crippen molar-refractivity contribution in [3.8, 4) is 5.69 Å². The first-order valence-electron chi connectivity index (χ1n) is 8.36. The van der Waals surface area contributed by atoms with Crippen LogP contribution in [0, 0.1) is 0 Å². The van der Waals surface area contributed by atoms with Crippen molar-refractivity contribution in [1.82, 2.24) is 20.2 Å². The molecule has 3 amide bonds. The fourth-order valence-corrected chi connectivity index (χ4v) is 3.99. The molecule has 2 N–H and O–H groups in total. The number of hydrogen-bond donors (Lipinski definition) is 2. The summed E-state index contributed by atoms with van der Waals surface area (Å²) in [6.45, 7) is 2.42. The van der Waals surface area contributed by atoms with Crippen molar-refractivity contribution >= 4 is 45.3 Å². The quantitative estimate of drug-likeness (QED) is 0.489. The van der Waals surface area contributed by atoms with Crippen LogP contribution in [-0.4, -0.2) is 33.8 Å². The highest BCUT2D eigenvalue weighted by Crippen LogP contribution is 2.23. The van der Waals surface area contributed by atoms with E-state index in [0.717, 1.165) is 18.2 Å². The zero-order valence-corrected chi connectivity index (χ0v) is 16.2. The Morgan fingerprint density at radius 1 is 1.22 bits per heavy atom. The molecule has 0 aliphatic rings. The number of carbonyl (C=O) groups is 2. The van der Waals surface area contributed by atoms with E-state index < -0.39 is 11.9 Å². The largest absolute Gasteiger partial charge is 0.338 e. The summed E-state index contributed by atoms with van der Waals surface area (Å²) < 4.78 is 1.49. The van der Waals surface area contributed by atoms with Crippen LogP contribution in [0.1, 0.15) is 13.3 Å². The molecule has 0 aliphatic heterocycles. The number of fused-ring (bicyclic) bond motifs is 1. The van der Waals surface area contributed by atoms with Crippen molar-refractivity contribution in [3.05, 3.63) is 52.1 Å². The van der Waals surface area contributed by atoms with Gasteiger partial charge in [0, 0.05) is 6.54 Å². The summed E-state index contributed by atoms with van der Waals surface area (Å²) in [5.74, 6) is -0.482. The molecule has 0 fully saturated rings. The van der Waals surface area contributed by atoms with Gasteiger partial charge >= 0.3 is 6.03 Å². The number of amides is 3. The molecule has 3 aromatic rings. The average Bonchev–Trinajstić information content (AvgIpc) is 3.14. The Labute approximate surface area is 163 Å². The Morgan fingerprint density at radius 2 is 2.00 bits per heavy atom. The van der Waals surface area contributed by atoms with E-state index in [1.807, 2.05) is 42.6 Å². The smallest absolute Gasteiger partial charge is 0.321 e. The fraction of sp³-hybridized carbons (Fsp3) is 0.222. The predicted octanol–water partition coefficient (Wildman–Crippen LogP) is 2.78. The van der Waals surface area contributed by atoms with Crippen molar-refractivity contribution in [2.45, 2.75) is 18.5 Å². The summed E-state index contributed by atoms with van der Waals surface area (Å²) in [5.41, 5.74) is 0.489. The summed E-state index contributed by atoms with van der Waals surface area (Å²) in [5, 5.41) is 7.61. The number of nitrogens with zero attached hydrogens (tertiary/aromatic N) is 2. The van der Waals surface area contributed by atoms with E-state index in [9.17, 15) is 14.4 Å². The van der Waals surface area contributed by atoms with E-state index >= 15 is 0 Å². The summed E-state index contributed by atoms with van der Waals surface area (Å²) in [4.78, 5) is 41.7. The average molecular weight is 403 g/mol. The van der Waals surface area contributed by atoms with E-state index in [1.165, 1.54) is 15.9 Å². The summed E-state index contributed by atoms with van der Waals surface area (Å²) >= 11 is 2.49. The van der Waals surface area contributed by atoms with E-state index in [0.29, 0.717) is 27.6 Å². The molecular formula is C18H18N4O3S2. The second-order valence-electron chi connectivity index (χ2n) is 5.60. The van der Waals surface area contributed by atoms with Gasteiger partial charge in [-0.1, -0.05) is 36.9 Å². The highest BCUT2D eigenvalue weighted by Gasteiger charge is 2.16. The third-order valence-corrected chi connectivity index (χ3v) is 5.35. The third kappa shape index (κ3) is 4.55. The van der Waals surface area contributed by atoms with Gasteiger partial charge < -0.3 is 5.32 Å². The summed E-state index contributed by atoms with van der Waals surface area (Å²) in [6, 6.07) is 10.4. The molecule has 0 saturated heterocycles. The van der Waals surface area contributed by atoms with Gasteiger partial charge in [-0.15, -0.1) is 11.3 Å². The first-order valence-corrected chi connectivity index (χ1v) is 10.2. The molecule has 27 heavy (non-hydrogen) atoms.